The summed E-state index contributed by atoms with van der Waals surface area (Å²) in [6, 6.07) is -0.159. The second-order valence-electron chi connectivity index (χ2n) is 4.41. The molecule has 0 aliphatic carbocycles. The molecule has 1 atom stereocenters. The maximum absolute atomic E-state index is 11.4. The van der Waals surface area contributed by atoms with Gasteiger partial charge >= 0.3 is 6.03 Å². The Bertz CT molecular complexity index is 173. The summed E-state index contributed by atoms with van der Waals surface area (Å²) in [5.41, 5.74) is -0.232. The van der Waals surface area contributed by atoms with E-state index in [0.29, 0.717) is 6.54 Å². The topological polar surface area (TPSA) is 52.6 Å². The second-order valence-corrected chi connectivity index (χ2v) is 4.41. The molecule has 2 amide bonds. The van der Waals surface area contributed by atoms with E-state index in [4.69, 9.17) is 5.11 Å². The zero-order valence-electron chi connectivity index (χ0n) is 9.09. The standard InChI is InChI=1S/C9H20N2O2/c1-7(12)6-11(5)8(13)10-9(2,3)4/h7,12H,6H2,1-5H3,(H,10,13). The number of amides is 2. The number of carbonyl (C=O) groups is 1. The van der Waals surface area contributed by atoms with Gasteiger partial charge in [-0.2, -0.15) is 0 Å². The average Bonchev–Trinajstić information content (AvgIpc) is 1.81. The van der Waals surface area contributed by atoms with Crippen molar-refractivity contribution in [3.05, 3.63) is 0 Å². The Kier molecular flexibility index (Phi) is 4.20. The van der Waals surface area contributed by atoms with Crippen molar-refractivity contribution in [3.8, 4) is 0 Å². The van der Waals surface area contributed by atoms with Crippen LogP contribution in [0.3, 0.4) is 0 Å². The average molecular weight is 188 g/mol. The molecule has 0 fully saturated rings. The molecule has 4 nitrogen and oxygen atoms in total. The monoisotopic (exact) mass is 188 g/mol. The van der Waals surface area contributed by atoms with Crippen molar-refractivity contribution in [2.45, 2.75) is 39.3 Å². The lowest BCUT2D eigenvalue weighted by Gasteiger charge is -2.26. The van der Waals surface area contributed by atoms with Crippen LogP contribution in [0.5, 0.6) is 0 Å². The van der Waals surface area contributed by atoms with Gasteiger partial charge in [0.05, 0.1) is 6.10 Å². The van der Waals surface area contributed by atoms with E-state index in [0.717, 1.165) is 0 Å². The highest BCUT2D eigenvalue weighted by Gasteiger charge is 2.17. The molecule has 0 aliphatic rings. The molecular formula is C9H20N2O2. The van der Waals surface area contributed by atoms with Gasteiger partial charge in [0, 0.05) is 19.1 Å². The van der Waals surface area contributed by atoms with Crippen LogP contribution in [-0.4, -0.2) is 41.3 Å². The lowest BCUT2D eigenvalue weighted by atomic mass is 10.1. The zero-order chi connectivity index (χ0) is 10.6. The molecule has 13 heavy (non-hydrogen) atoms. The summed E-state index contributed by atoms with van der Waals surface area (Å²) in [6.07, 6.45) is -0.490. The maximum Gasteiger partial charge on any atom is 0.317 e. The Morgan fingerprint density at radius 3 is 2.31 bits per heavy atom. The van der Waals surface area contributed by atoms with E-state index in [2.05, 4.69) is 5.32 Å². The highest BCUT2D eigenvalue weighted by Crippen LogP contribution is 2.00. The fourth-order valence-electron chi connectivity index (χ4n) is 0.895. The lowest BCUT2D eigenvalue weighted by Crippen LogP contribution is -2.48. The van der Waals surface area contributed by atoms with Crippen molar-refractivity contribution in [2.75, 3.05) is 13.6 Å². The molecular weight excluding hydrogens is 168 g/mol. The fraction of sp³-hybridized carbons (Fsp3) is 0.889. The predicted octanol–water partition coefficient (Wildman–Crippen LogP) is 0.807. The predicted molar refractivity (Wildman–Crippen MR) is 52.6 cm³/mol. The third-order valence-electron chi connectivity index (χ3n) is 1.37. The molecule has 0 radical (unpaired) electrons. The van der Waals surface area contributed by atoms with Gasteiger partial charge in [-0.3, -0.25) is 0 Å². The number of aliphatic hydroxyl groups is 1. The SMILES string of the molecule is CC(O)CN(C)C(=O)NC(C)(C)C. The highest BCUT2D eigenvalue weighted by molar-refractivity contribution is 5.74. The van der Waals surface area contributed by atoms with Crippen LogP contribution in [-0.2, 0) is 0 Å². The van der Waals surface area contributed by atoms with Crippen LogP contribution in [0.1, 0.15) is 27.7 Å². The van der Waals surface area contributed by atoms with Crippen LogP contribution in [0, 0.1) is 0 Å². The molecule has 0 saturated carbocycles. The number of likely N-dealkylation sites (N-methyl/N-ethyl adjacent to an activating group) is 1. The molecule has 2 N–H and O–H groups in total. The second kappa shape index (κ2) is 4.46. The quantitative estimate of drug-likeness (QED) is 0.673. The van der Waals surface area contributed by atoms with Crippen LogP contribution < -0.4 is 5.32 Å². The van der Waals surface area contributed by atoms with Gasteiger partial charge in [0.15, 0.2) is 0 Å². The number of nitrogens with one attached hydrogen (secondary N) is 1. The molecule has 0 rings (SSSR count). The van der Waals surface area contributed by atoms with E-state index < -0.39 is 6.10 Å². The molecule has 0 aromatic rings. The maximum atomic E-state index is 11.4. The van der Waals surface area contributed by atoms with Gasteiger partial charge in [-0.05, 0) is 27.7 Å². The van der Waals surface area contributed by atoms with Crippen molar-refractivity contribution in [1.29, 1.82) is 0 Å². The van der Waals surface area contributed by atoms with Gasteiger partial charge in [0.2, 0.25) is 0 Å². The number of nitrogens with zero attached hydrogens (tertiary/aromatic N) is 1. The van der Waals surface area contributed by atoms with Crippen molar-refractivity contribution < 1.29 is 9.90 Å². The number of carbonyl (C=O) groups excluding carboxylic acids is 1. The summed E-state index contributed by atoms with van der Waals surface area (Å²) in [5, 5.41) is 11.8. The van der Waals surface area contributed by atoms with E-state index in [1.807, 2.05) is 20.8 Å². The van der Waals surface area contributed by atoms with Gasteiger partial charge in [0.25, 0.3) is 0 Å². The number of hydrogen-bond donors (Lipinski definition) is 2. The van der Waals surface area contributed by atoms with Crippen molar-refractivity contribution in [3.63, 3.8) is 0 Å². The number of rotatable bonds is 2. The van der Waals surface area contributed by atoms with E-state index in [9.17, 15) is 4.79 Å². The number of aliphatic hydroxyl groups excluding tert-OH is 1. The number of urea groups is 1. The molecule has 0 spiro atoms. The Morgan fingerprint density at radius 2 is 2.00 bits per heavy atom. The van der Waals surface area contributed by atoms with Crippen LogP contribution in [0.25, 0.3) is 0 Å². The lowest BCUT2D eigenvalue weighted by molar-refractivity contribution is 0.140. The zero-order valence-corrected chi connectivity index (χ0v) is 9.09. The van der Waals surface area contributed by atoms with Gasteiger partial charge in [0.1, 0.15) is 0 Å². The minimum absolute atomic E-state index is 0.159. The molecule has 0 aromatic carbocycles. The first-order chi connectivity index (χ1) is 5.72. The summed E-state index contributed by atoms with van der Waals surface area (Å²) in [5.74, 6) is 0. The van der Waals surface area contributed by atoms with E-state index in [1.54, 1.807) is 14.0 Å². The molecule has 0 aliphatic heterocycles. The minimum atomic E-state index is -0.490. The van der Waals surface area contributed by atoms with Crippen molar-refractivity contribution in [2.24, 2.45) is 0 Å². The van der Waals surface area contributed by atoms with Crippen LogP contribution in [0.2, 0.25) is 0 Å². The molecule has 78 valence electrons. The Hall–Kier alpha value is -0.770. The van der Waals surface area contributed by atoms with Crippen molar-refractivity contribution >= 4 is 6.03 Å². The van der Waals surface area contributed by atoms with E-state index in [1.165, 1.54) is 4.90 Å². The highest BCUT2D eigenvalue weighted by atomic mass is 16.3. The summed E-state index contributed by atoms with van der Waals surface area (Å²) in [4.78, 5) is 12.9. The summed E-state index contributed by atoms with van der Waals surface area (Å²) in [7, 11) is 1.66. The third-order valence-corrected chi connectivity index (χ3v) is 1.37. The molecule has 0 saturated heterocycles. The molecule has 4 heteroatoms. The Morgan fingerprint density at radius 1 is 1.54 bits per heavy atom. The molecule has 0 bridgehead atoms. The van der Waals surface area contributed by atoms with Crippen LogP contribution in [0.15, 0.2) is 0 Å². The molecule has 1 unspecified atom stereocenters. The summed E-state index contributed by atoms with van der Waals surface area (Å²) in [6.45, 7) is 7.76. The van der Waals surface area contributed by atoms with Crippen LogP contribution in [0.4, 0.5) is 4.79 Å². The summed E-state index contributed by atoms with van der Waals surface area (Å²) < 4.78 is 0. The molecule has 0 aromatic heterocycles. The van der Waals surface area contributed by atoms with Crippen LogP contribution >= 0.6 is 0 Å². The normalized spacial score (nSPS) is 13.7. The van der Waals surface area contributed by atoms with Crippen molar-refractivity contribution in [1.82, 2.24) is 10.2 Å². The summed E-state index contributed by atoms with van der Waals surface area (Å²) >= 11 is 0. The fourth-order valence-corrected chi connectivity index (χ4v) is 0.895. The first-order valence-corrected chi connectivity index (χ1v) is 4.43. The first-order valence-electron chi connectivity index (χ1n) is 4.43. The smallest absolute Gasteiger partial charge is 0.317 e. The van der Waals surface area contributed by atoms with E-state index in [-0.39, 0.29) is 11.6 Å². The Balaban J connectivity index is 3.97. The van der Waals surface area contributed by atoms with Gasteiger partial charge < -0.3 is 15.3 Å². The molecule has 0 heterocycles. The van der Waals surface area contributed by atoms with Gasteiger partial charge in [-0.1, -0.05) is 0 Å². The largest absolute Gasteiger partial charge is 0.392 e. The minimum Gasteiger partial charge on any atom is -0.392 e. The van der Waals surface area contributed by atoms with Gasteiger partial charge in [-0.25, -0.2) is 4.79 Å². The van der Waals surface area contributed by atoms with E-state index >= 15 is 0 Å². The third kappa shape index (κ3) is 6.40. The Labute approximate surface area is 79.9 Å². The first kappa shape index (κ1) is 12.2. The number of hydrogen-bond acceptors (Lipinski definition) is 2. The van der Waals surface area contributed by atoms with Gasteiger partial charge in [-0.15, -0.1) is 0 Å².